The van der Waals surface area contributed by atoms with Crippen LogP contribution in [-0.2, 0) is 9.16 Å². The highest BCUT2D eigenvalue weighted by molar-refractivity contribution is 7.01. The zero-order valence-corrected chi connectivity index (χ0v) is 17.4. The molecule has 0 spiro atoms. The van der Waals surface area contributed by atoms with Crippen molar-refractivity contribution in [3.05, 3.63) is 95.7 Å². The Balaban J connectivity index is 2.24. The summed E-state index contributed by atoms with van der Waals surface area (Å²) in [5.74, 6) is 0. The van der Waals surface area contributed by atoms with Gasteiger partial charge in [0.2, 0.25) is 0 Å². The second-order valence-electron chi connectivity index (χ2n) is 7.11. The Morgan fingerprint density at radius 2 is 1.63 bits per heavy atom. The molecule has 1 unspecified atom stereocenters. The first-order valence-corrected chi connectivity index (χ1v) is 11.4. The second kappa shape index (κ2) is 8.66. The summed E-state index contributed by atoms with van der Waals surface area (Å²) in [7, 11) is -0.842. The van der Waals surface area contributed by atoms with Gasteiger partial charge in [-0.3, -0.25) is 0 Å². The SMILES string of the molecule is C=C(C)/C1=C/C/C(COC)=C/[Si](c2ccccc2)(c2ccccc2)OC1C. The van der Waals surface area contributed by atoms with E-state index < -0.39 is 8.32 Å². The molecule has 0 saturated heterocycles. The van der Waals surface area contributed by atoms with E-state index in [2.05, 4.69) is 92.9 Å². The molecule has 140 valence electrons. The minimum atomic E-state index is -2.59. The predicted molar refractivity (Wildman–Crippen MR) is 116 cm³/mol. The molecular weight excluding hydrogens is 348 g/mol. The number of benzene rings is 2. The zero-order chi connectivity index (χ0) is 19.3. The van der Waals surface area contributed by atoms with Gasteiger partial charge in [0.25, 0.3) is 8.32 Å². The van der Waals surface area contributed by atoms with E-state index in [1.165, 1.54) is 21.5 Å². The highest BCUT2D eigenvalue weighted by Gasteiger charge is 2.40. The van der Waals surface area contributed by atoms with Gasteiger partial charge in [-0.25, -0.2) is 0 Å². The summed E-state index contributed by atoms with van der Waals surface area (Å²) in [4.78, 5) is 0. The third-order valence-electron chi connectivity index (χ3n) is 5.02. The molecule has 3 heteroatoms. The number of hydrogen-bond acceptors (Lipinski definition) is 2. The maximum atomic E-state index is 6.98. The predicted octanol–water partition coefficient (Wildman–Crippen LogP) is 4.17. The summed E-state index contributed by atoms with van der Waals surface area (Å²) in [6, 6.07) is 21.3. The molecule has 0 saturated carbocycles. The van der Waals surface area contributed by atoms with Gasteiger partial charge in [-0.05, 0) is 41.8 Å². The third-order valence-corrected chi connectivity index (χ3v) is 8.94. The lowest BCUT2D eigenvalue weighted by molar-refractivity contribution is 0.222. The molecule has 2 nitrogen and oxygen atoms in total. The highest BCUT2D eigenvalue weighted by Crippen LogP contribution is 2.26. The lowest BCUT2D eigenvalue weighted by Crippen LogP contribution is -2.61. The van der Waals surface area contributed by atoms with E-state index in [-0.39, 0.29) is 6.10 Å². The molecule has 1 aliphatic rings. The molecule has 0 bridgehead atoms. The van der Waals surface area contributed by atoms with Gasteiger partial charge in [0.05, 0.1) is 12.7 Å². The minimum absolute atomic E-state index is 0.0186. The fraction of sp³-hybridized carbons (Fsp3) is 0.250. The van der Waals surface area contributed by atoms with Crippen molar-refractivity contribution in [2.45, 2.75) is 26.4 Å². The lowest BCUT2D eigenvalue weighted by atomic mass is 10.0. The zero-order valence-electron chi connectivity index (χ0n) is 16.4. The molecule has 1 atom stereocenters. The number of hydrogen-bond donors (Lipinski definition) is 0. The summed E-state index contributed by atoms with van der Waals surface area (Å²) in [6.07, 6.45) is 3.08. The van der Waals surface area contributed by atoms with Crippen LogP contribution in [0, 0.1) is 0 Å². The van der Waals surface area contributed by atoms with Gasteiger partial charge >= 0.3 is 0 Å². The van der Waals surface area contributed by atoms with E-state index in [9.17, 15) is 0 Å². The summed E-state index contributed by atoms with van der Waals surface area (Å²) in [5, 5.41) is 2.50. The largest absolute Gasteiger partial charge is 0.398 e. The molecule has 0 aromatic heterocycles. The Kier molecular flexibility index (Phi) is 6.27. The van der Waals surface area contributed by atoms with Crippen LogP contribution in [0.2, 0.25) is 0 Å². The molecular formula is C24H28O2Si. The summed E-state index contributed by atoms with van der Waals surface area (Å²) < 4.78 is 12.5. The quantitative estimate of drug-likeness (QED) is 0.729. The smallest absolute Gasteiger partial charge is 0.281 e. The van der Waals surface area contributed by atoms with Crippen molar-refractivity contribution in [2.75, 3.05) is 13.7 Å². The van der Waals surface area contributed by atoms with Crippen LogP contribution in [0.3, 0.4) is 0 Å². The first-order valence-electron chi connectivity index (χ1n) is 9.41. The van der Waals surface area contributed by atoms with Crippen LogP contribution >= 0.6 is 0 Å². The number of methoxy groups -OCH3 is 1. The first-order chi connectivity index (χ1) is 13.1. The van der Waals surface area contributed by atoms with Crippen LogP contribution in [0.15, 0.2) is 95.7 Å². The van der Waals surface area contributed by atoms with E-state index >= 15 is 0 Å². The Hall–Kier alpha value is -2.20. The Bertz CT molecular complexity index is 798. The van der Waals surface area contributed by atoms with Crippen LogP contribution in [0.4, 0.5) is 0 Å². The van der Waals surface area contributed by atoms with Crippen molar-refractivity contribution in [2.24, 2.45) is 0 Å². The normalized spacial score (nSPS) is 23.3. The molecule has 0 amide bonds. The number of rotatable bonds is 5. The Morgan fingerprint density at radius 3 is 2.11 bits per heavy atom. The van der Waals surface area contributed by atoms with E-state index in [1.54, 1.807) is 7.11 Å². The lowest BCUT2D eigenvalue weighted by Gasteiger charge is -2.36. The van der Waals surface area contributed by atoms with Crippen LogP contribution < -0.4 is 10.4 Å². The second-order valence-corrected chi connectivity index (χ2v) is 10.3. The van der Waals surface area contributed by atoms with Crippen molar-refractivity contribution in [3.63, 3.8) is 0 Å². The van der Waals surface area contributed by atoms with Gasteiger partial charge in [0, 0.05) is 7.11 Å². The molecule has 0 aliphatic carbocycles. The minimum Gasteiger partial charge on any atom is -0.398 e. The summed E-state index contributed by atoms with van der Waals surface area (Å²) >= 11 is 0. The average molecular weight is 377 g/mol. The molecule has 1 aliphatic heterocycles. The fourth-order valence-corrected chi connectivity index (χ4v) is 7.62. The van der Waals surface area contributed by atoms with Gasteiger partial charge in [-0.1, -0.05) is 84.6 Å². The maximum Gasteiger partial charge on any atom is 0.281 e. The topological polar surface area (TPSA) is 18.5 Å². The van der Waals surface area contributed by atoms with Crippen LogP contribution in [-0.4, -0.2) is 28.1 Å². The van der Waals surface area contributed by atoms with Gasteiger partial charge in [-0.15, -0.1) is 0 Å². The first kappa shape index (κ1) is 19.6. The van der Waals surface area contributed by atoms with Gasteiger partial charge in [-0.2, -0.15) is 0 Å². The Labute approximate surface area is 164 Å². The summed E-state index contributed by atoms with van der Waals surface area (Å²) in [5.41, 5.74) is 5.87. The average Bonchev–Trinajstić information content (AvgIpc) is 2.67. The Morgan fingerprint density at radius 1 is 1.07 bits per heavy atom. The summed E-state index contributed by atoms with van der Waals surface area (Å²) in [6.45, 7) is 8.98. The molecule has 0 radical (unpaired) electrons. The fourth-order valence-electron chi connectivity index (χ4n) is 3.78. The molecule has 2 aromatic carbocycles. The molecule has 0 fully saturated rings. The van der Waals surface area contributed by atoms with E-state index in [0.717, 1.165) is 12.0 Å². The van der Waals surface area contributed by atoms with Crippen LogP contribution in [0.1, 0.15) is 20.3 Å². The van der Waals surface area contributed by atoms with E-state index in [4.69, 9.17) is 9.16 Å². The molecule has 0 N–H and O–H groups in total. The van der Waals surface area contributed by atoms with Gasteiger partial charge in [0.15, 0.2) is 0 Å². The third kappa shape index (κ3) is 4.21. The molecule has 2 aromatic rings. The monoisotopic (exact) mass is 376 g/mol. The van der Waals surface area contributed by atoms with Crippen molar-refractivity contribution < 1.29 is 9.16 Å². The standard InChI is InChI=1S/C24H28O2Si/c1-19(2)24-16-15-21(17-25-4)18-27(26-20(24)3,22-11-7-5-8-12-22)23-13-9-6-10-14-23/h5-14,16,18,20H,1,15,17H2,2-4H3/b21-18-,24-16-. The van der Waals surface area contributed by atoms with Gasteiger partial charge in [0.1, 0.15) is 0 Å². The number of allylic oxidation sites excluding steroid dienone is 1. The van der Waals surface area contributed by atoms with E-state index in [0.29, 0.717) is 6.61 Å². The van der Waals surface area contributed by atoms with Crippen molar-refractivity contribution in [3.8, 4) is 0 Å². The molecule has 3 rings (SSSR count). The van der Waals surface area contributed by atoms with Crippen molar-refractivity contribution in [1.29, 1.82) is 0 Å². The van der Waals surface area contributed by atoms with Crippen molar-refractivity contribution in [1.82, 2.24) is 0 Å². The highest BCUT2D eigenvalue weighted by atomic mass is 28.4. The maximum absolute atomic E-state index is 6.98. The number of ether oxygens (including phenoxy) is 1. The van der Waals surface area contributed by atoms with Crippen molar-refractivity contribution >= 4 is 18.7 Å². The van der Waals surface area contributed by atoms with Crippen LogP contribution in [0.5, 0.6) is 0 Å². The van der Waals surface area contributed by atoms with Crippen LogP contribution in [0.25, 0.3) is 0 Å². The molecule has 1 heterocycles. The van der Waals surface area contributed by atoms with Gasteiger partial charge < -0.3 is 9.16 Å². The molecule has 27 heavy (non-hydrogen) atoms. The van der Waals surface area contributed by atoms with E-state index in [1.807, 2.05) is 0 Å².